The van der Waals surface area contributed by atoms with Gasteiger partial charge in [0.1, 0.15) is 0 Å². The predicted molar refractivity (Wildman–Crippen MR) is 38.7 cm³/mol. The third kappa shape index (κ3) is 0.727. The second-order valence-corrected chi connectivity index (χ2v) is 2.47. The maximum absolute atomic E-state index is 4.29. The van der Waals surface area contributed by atoms with Gasteiger partial charge in [0.2, 0.25) is 0 Å². The average Bonchev–Trinajstić information content (AvgIpc) is 2.33. The van der Waals surface area contributed by atoms with Crippen LogP contribution in [0.4, 0.5) is 0 Å². The third-order valence-electron chi connectivity index (χ3n) is 1.86. The Bertz CT molecular complexity index is 199. The van der Waals surface area contributed by atoms with Crippen molar-refractivity contribution in [3.63, 3.8) is 0 Å². The number of hydrogen-bond donors (Lipinski definition) is 0. The predicted octanol–water partition coefficient (Wildman–Crippen LogP) is 1.72. The fraction of sp³-hybridized carbons (Fsp3) is 0.375. The molecule has 1 heterocycles. The molecule has 2 rings (SSSR count). The second-order valence-electron chi connectivity index (χ2n) is 2.47. The third-order valence-corrected chi connectivity index (χ3v) is 1.86. The minimum absolute atomic E-state index is 0.509. The number of nitrogens with zero attached hydrogens (tertiary/aromatic N) is 1. The zero-order valence-electron chi connectivity index (χ0n) is 5.25. The van der Waals surface area contributed by atoms with Crippen molar-refractivity contribution in [1.29, 1.82) is 0 Å². The van der Waals surface area contributed by atoms with Gasteiger partial charge in [-0.25, -0.2) is 0 Å². The van der Waals surface area contributed by atoms with Crippen molar-refractivity contribution in [2.45, 2.75) is 18.9 Å². The van der Waals surface area contributed by atoms with Crippen molar-refractivity contribution in [1.82, 2.24) is 0 Å². The van der Waals surface area contributed by atoms with Gasteiger partial charge in [0, 0.05) is 6.21 Å². The standard InChI is InChI=1S/C8H9N/c1-2-4-8-7(3-1)5-6-9-8/h1-2,5-6,8H,3-4H2. The van der Waals surface area contributed by atoms with Crippen LogP contribution in [0.3, 0.4) is 0 Å². The van der Waals surface area contributed by atoms with Crippen LogP contribution in [-0.4, -0.2) is 12.3 Å². The van der Waals surface area contributed by atoms with Gasteiger partial charge >= 0.3 is 0 Å². The van der Waals surface area contributed by atoms with Crippen LogP contribution >= 0.6 is 0 Å². The van der Waals surface area contributed by atoms with E-state index in [-0.39, 0.29) is 0 Å². The summed E-state index contributed by atoms with van der Waals surface area (Å²) in [5, 5.41) is 0. The van der Waals surface area contributed by atoms with E-state index < -0.39 is 0 Å². The number of allylic oxidation sites excluding steroid dienone is 2. The fourth-order valence-corrected chi connectivity index (χ4v) is 1.31. The molecule has 0 aromatic rings. The molecule has 46 valence electrons. The van der Waals surface area contributed by atoms with E-state index in [0.29, 0.717) is 6.04 Å². The first-order chi connectivity index (χ1) is 4.47. The molecule has 0 aromatic heterocycles. The summed E-state index contributed by atoms with van der Waals surface area (Å²) in [6.45, 7) is 0. The highest BCUT2D eigenvalue weighted by molar-refractivity contribution is 5.76. The van der Waals surface area contributed by atoms with Gasteiger partial charge in [-0.2, -0.15) is 0 Å². The Morgan fingerprint density at radius 1 is 1.44 bits per heavy atom. The number of rotatable bonds is 0. The summed E-state index contributed by atoms with van der Waals surface area (Å²) in [4.78, 5) is 4.29. The molecule has 1 atom stereocenters. The summed E-state index contributed by atoms with van der Waals surface area (Å²) in [5.74, 6) is 0. The van der Waals surface area contributed by atoms with E-state index in [0.717, 1.165) is 12.8 Å². The summed E-state index contributed by atoms with van der Waals surface area (Å²) in [5.41, 5.74) is 1.48. The van der Waals surface area contributed by atoms with Crippen LogP contribution in [0.25, 0.3) is 0 Å². The van der Waals surface area contributed by atoms with Crippen LogP contribution in [0.15, 0.2) is 28.8 Å². The van der Waals surface area contributed by atoms with Crippen LogP contribution in [-0.2, 0) is 0 Å². The lowest BCUT2D eigenvalue weighted by atomic mass is 9.98. The van der Waals surface area contributed by atoms with Gasteiger partial charge in [-0.05, 0) is 24.5 Å². The Hall–Kier alpha value is -0.850. The molecule has 0 N–H and O–H groups in total. The molecular formula is C8H9N. The maximum atomic E-state index is 4.29. The molecule has 0 aromatic carbocycles. The van der Waals surface area contributed by atoms with Crippen molar-refractivity contribution in [3.05, 3.63) is 23.8 Å². The Balaban J connectivity index is 2.27. The van der Waals surface area contributed by atoms with Crippen LogP contribution in [0.5, 0.6) is 0 Å². The summed E-state index contributed by atoms with van der Waals surface area (Å²) in [6, 6.07) is 0.509. The maximum Gasteiger partial charge on any atom is 0.0750 e. The molecule has 0 saturated heterocycles. The van der Waals surface area contributed by atoms with E-state index in [4.69, 9.17) is 0 Å². The molecule has 0 saturated carbocycles. The normalized spacial score (nSPS) is 30.2. The van der Waals surface area contributed by atoms with Crippen LogP contribution < -0.4 is 0 Å². The van der Waals surface area contributed by atoms with E-state index in [9.17, 15) is 0 Å². The van der Waals surface area contributed by atoms with E-state index in [1.807, 2.05) is 6.21 Å². The number of fused-ring (bicyclic) bond motifs is 1. The highest BCUT2D eigenvalue weighted by Gasteiger charge is 2.15. The molecular weight excluding hydrogens is 110 g/mol. The molecule has 0 amide bonds. The molecule has 1 aliphatic heterocycles. The monoisotopic (exact) mass is 119 g/mol. The van der Waals surface area contributed by atoms with Gasteiger partial charge in [-0.15, -0.1) is 0 Å². The molecule has 9 heavy (non-hydrogen) atoms. The zero-order valence-corrected chi connectivity index (χ0v) is 5.25. The molecule has 2 aliphatic rings. The molecule has 0 fully saturated rings. The fourth-order valence-electron chi connectivity index (χ4n) is 1.31. The van der Waals surface area contributed by atoms with E-state index in [1.54, 1.807) is 0 Å². The van der Waals surface area contributed by atoms with Crippen molar-refractivity contribution in [3.8, 4) is 0 Å². The quantitative estimate of drug-likeness (QED) is 0.430. The second kappa shape index (κ2) is 1.83. The minimum Gasteiger partial charge on any atom is -0.285 e. The highest BCUT2D eigenvalue weighted by Crippen LogP contribution is 2.23. The lowest BCUT2D eigenvalue weighted by Crippen LogP contribution is -2.05. The van der Waals surface area contributed by atoms with Crippen molar-refractivity contribution < 1.29 is 0 Å². The van der Waals surface area contributed by atoms with Crippen LogP contribution in [0.1, 0.15) is 12.8 Å². The van der Waals surface area contributed by atoms with Gasteiger partial charge in [0.25, 0.3) is 0 Å². The molecule has 0 bridgehead atoms. The summed E-state index contributed by atoms with van der Waals surface area (Å²) >= 11 is 0. The number of hydrogen-bond acceptors (Lipinski definition) is 1. The zero-order chi connectivity index (χ0) is 6.10. The first-order valence-electron chi connectivity index (χ1n) is 3.34. The Morgan fingerprint density at radius 2 is 2.44 bits per heavy atom. The average molecular weight is 119 g/mol. The SMILES string of the molecule is C1=CCC2N=CC=C2C1. The summed E-state index contributed by atoms with van der Waals surface area (Å²) in [6.07, 6.45) is 10.7. The molecule has 1 heteroatoms. The first kappa shape index (κ1) is 4.98. The van der Waals surface area contributed by atoms with Gasteiger partial charge in [-0.3, -0.25) is 4.99 Å². The van der Waals surface area contributed by atoms with Crippen molar-refractivity contribution >= 4 is 6.21 Å². The van der Waals surface area contributed by atoms with Crippen LogP contribution in [0, 0.1) is 0 Å². The topological polar surface area (TPSA) is 12.4 Å². The molecule has 0 radical (unpaired) electrons. The highest BCUT2D eigenvalue weighted by atomic mass is 14.8. The van der Waals surface area contributed by atoms with Crippen molar-refractivity contribution in [2.75, 3.05) is 0 Å². The first-order valence-corrected chi connectivity index (χ1v) is 3.34. The molecule has 1 aliphatic carbocycles. The molecule has 1 nitrogen and oxygen atoms in total. The largest absolute Gasteiger partial charge is 0.285 e. The molecule has 0 spiro atoms. The lowest BCUT2D eigenvalue weighted by molar-refractivity contribution is 0.761. The van der Waals surface area contributed by atoms with E-state index >= 15 is 0 Å². The van der Waals surface area contributed by atoms with Crippen molar-refractivity contribution in [2.24, 2.45) is 4.99 Å². The van der Waals surface area contributed by atoms with Gasteiger partial charge in [-0.1, -0.05) is 12.2 Å². The number of aliphatic imine (C=N–C) groups is 1. The van der Waals surface area contributed by atoms with Gasteiger partial charge in [0.05, 0.1) is 6.04 Å². The minimum atomic E-state index is 0.509. The Kier molecular flexibility index (Phi) is 1.01. The Labute approximate surface area is 54.8 Å². The van der Waals surface area contributed by atoms with Gasteiger partial charge < -0.3 is 0 Å². The van der Waals surface area contributed by atoms with E-state index in [2.05, 4.69) is 23.2 Å². The smallest absolute Gasteiger partial charge is 0.0750 e. The lowest BCUT2D eigenvalue weighted by Gasteiger charge is -2.12. The molecule has 1 unspecified atom stereocenters. The Morgan fingerprint density at radius 3 is 3.33 bits per heavy atom. The van der Waals surface area contributed by atoms with Crippen LogP contribution in [0.2, 0.25) is 0 Å². The van der Waals surface area contributed by atoms with E-state index in [1.165, 1.54) is 5.57 Å². The van der Waals surface area contributed by atoms with Gasteiger partial charge in [0.15, 0.2) is 0 Å². The summed E-state index contributed by atoms with van der Waals surface area (Å²) in [7, 11) is 0. The summed E-state index contributed by atoms with van der Waals surface area (Å²) < 4.78 is 0.